The van der Waals surface area contributed by atoms with E-state index in [9.17, 15) is 8.42 Å². The van der Waals surface area contributed by atoms with Gasteiger partial charge >= 0.3 is 0 Å². The Kier molecular flexibility index (Phi) is 3.55. The number of rotatable bonds is 4. The predicted octanol–water partition coefficient (Wildman–Crippen LogP) is 2.54. The molecule has 0 unspecified atom stereocenters. The van der Waals surface area contributed by atoms with Crippen LogP contribution in [-0.2, 0) is 16.4 Å². The molecule has 0 radical (unpaired) electrons. The molecular weight excluding hydrogens is 286 g/mol. The van der Waals surface area contributed by atoms with Crippen LogP contribution in [0.3, 0.4) is 0 Å². The van der Waals surface area contributed by atoms with Gasteiger partial charge in [-0.2, -0.15) is 0 Å². The number of sulfonamides is 1. The van der Waals surface area contributed by atoms with Crippen LogP contribution in [0.1, 0.15) is 12.5 Å². The van der Waals surface area contributed by atoms with Gasteiger partial charge in [0.15, 0.2) is 0 Å². The fourth-order valence-corrected chi connectivity index (χ4v) is 3.03. The maximum Gasteiger partial charge on any atom is 0.233 e. The average Bonchev–Trinajstić information content (AvgIpc) is 2.92. The van der Waals surface area contributed by atoms with Gasteiger partial charge in [0.2, 0.25) is 10.0 Å². The summed E-state index contributed by atoms with van der Waals surface area (Å²) in [6.45, 7) is 2.51. The fraction of sp³-hybridized carbons (Fsp3) is 0.267. The van der Waals surface area contributed by atoms with Gasteiger partial charge in [-0.05, 0) is 37.1 Å². The minimum Gasteiger partial charge on any atom is -0.340 e. The second-order valence-corrected chi connectivity index (χ2v) is 6.95. The van der Waals surface area contributed by atoms with Crippen molar-refractivity contribution in [3.05, 3.63) is 48.2 Å². The molecule has 0 bridgehead atoms. The van der Waals surface area contributed by atoms with Crippen molar-refractivity contribution in [1.29, 1.82) is 0 Å². The molecule has 2 aromatic rings. The molecule has 0 saturated carbocycles. The van der Waals surface area contributed by atoms with Crippen molar-refractivity contribution < 1.29 is 8.42 Å². The van der Waals surface area contributed by atoms with Gasteiger partial charge in [0, 0.05) is 12.2 Å². The summed E-state index contributed by atoms with van der Waals surface area (Å²) >= 11 is 0. The molecule has 110 valence electrons. The normalized spacial score (nSPS) is 14.0. The fourth-order valence-electron chi connectivity index (χ4n) is 2.44. The molecule has 6 heteroatoms. The molecule has 1 aliphatic heterocycles. The second kappa shape index (κ2) is 5.37. The SMILES string of the molecule is CCS(=O)(=O)Nc1ccc(N2CCc3ccccc32)cn1. The molecule has 1 N–H and O–H groups in total. The maximum absolute atomic E-state index is 11.5. The minimum atomic E-state index is -3.28. The topological polar surface area (TPSA) is 62.3 Å². The highest BCUT2D eigenvalue weighted by Gasteiger charge is 2.20. The van der Waals surface area contributed by atoms with Crippen molar-refractivity contribution in [1.82, 2.24) is 4.98 Å². The van der Waals surface area contributed by atoms with Gasteiger partial charge in [-0.3, -0.25) is 4.72 Å². The summed E-state index contributed by atoms with van der Waals surface area (Å²) in [5.41, 5.74) is 3.49. The molecule has 0 aliphatic carbocycles. The lowest BCUT2D eigenvalue weighted by Crippen LogP contribution is -2.16. The van der Waals surface area contributed by atoms with Crippen molar-refractivity contribution in [3.8, 4) is 0 Å². The van der Waals surface area contributed by atoms with Crippen LogP contribution in [0.5, 0.6) is 0 Å². The number of benzene rings is 1. The van der Waals surface area contributed by atoms with E-state index in [1.165, 1.54) is 11.3 Å². The van der Waals surface area contributed by atoms with Crippen LogP contribution in [-0.4, -0.2) is 25.7 Å². The van der Waals surface area contributed by atoms with Crippen molar-refractivity contribution in [2.24, 2.45) is 0 Å². The van der Waals surface area contributed by atoms with Crippen molar-refractivity contribution in [2.75, 3.05) is 21.9 Å². The summed E-state index contributed by atoms with van der Waals surface area (Å²) in [4.78, 5) is 6.39. The molecule has 1 aromatic heterocycles. The van der Waals surface area contributed by atoms with Crippen LogP contribution >= 0.6 is 0 Å². The molecule has 3 rings (SSSR count). The molecule has 1 aliphatic rings. The summed E-state index contributed by atoms with van der Waals surface area (Å²) in [6.07, 6.45) is 2.72. The Labute approximate surface area is 124 Å². The van der Waals surface area contributed by atoms with E-state index in [1.54, 1.807) is 19.2 Å². The van der Waals surface area contributed by atoms with Gasteiger partial charge in [0.25, 0.3) is 0 Å². The Bertz CT molecular complexity index is 742. The second-order valence-electron chi connectivity index (χ2n) is 4.94. The number of pyridine rings is 1. The van der Waals surface area contributed by atoms with Crippen LogP contribution < -0.4 is 9.62 Å². The number of hydrogen-bond acceptors (Lipinski definition) is 4. The number of para-hydroxylation sites is 1. The van der Waals surface area contributed by atoms with Crippen LogP contribution in [0.15, 0.2) is 42.6 Å². The van der Waals surface area contributed by atoms with Crippen molar-refractivity contribution >= 4 is 27.2 Å². The van der Waals surface area contributed by atoms with Gasteiger partial charge in [0.1, 0.15) is 5.82 Å². The number of aromatic nitrogens is 1. The van der Waals surface area contributed by atoms with E-state index in [4.69, 9.17) is 0 Å². The summed E-state index contributed by atoms with van der Waals surface area (Å²) in [6, 6.07) is 11.9. The van der Waals surface area contributed by atoms with Crippen molar-refractivity contribution in [2.45, 2.75) is 13.3 Å². The quantitative estimate of drug-likeness (QED) is 0.943. The Morgan fingerprint density at radius 2 is 2.05 bits per heavy atom. The van der Waals surface area contributed by atoms with Gasteiger partial charge in [-0.1, -0.05) is 18.2 Å². The van der Waals surface area contributed by atoms with Crippen molar-refractivity contribution in [3.63, 3.8) is 0 Å². The monoisotopic (exact) mass is 303 g/mol. The largest absolute Gasteiger partial charge is 0.340 e. The standard InChI is InChI=1S/C15H17N3O2S/c1-2-21(19,20)17-15-8-7-13(11-16-15)18-10-9-12-5-3-4-6-14(12)18/h3-8,11H,2,9-10H2,1H3,(H,16,17). The predicted molar refractivity (Wildman–Crippen MR) is 84.5 cm³/mol. The zero-order valence-electron chi connectivity index (χ0n) is 11.8. The van der Waals surface area contributed by atoms with E-state index >= 15 is 0 Å². The van der Waals surface area contributed by atoms with Gasteiger partial charge in [-0.25, -0.2) is 13.4 Å². The first-order chi connectivity index (χ1) is 10.1. The molecular formula is C15H17N3O2S. The molecule has 5 nitrogen and oxygen atoms in total. The molecule has 0 saturated heterocycles. The highest BCUT2D eigenvalue weighted by Crippen LogP contribution is 2.33. The lowest BCUT2D eigenvalue weighted by molar-refractivity contribution is 0.602. The van der Waals surface area contributed by atoms with Crippen LogP contribution in [0.25, 0.3) is 0 Å². The smallest absolute Gasteiger partial charge is 0.233 e. The number of nitrogens with one attached hydrogen (secondary N) is 1. The van der Waals surface area contributed by atoms with Gasteiger partial charge in [0.05, 0.1) is 17.6 Å². The Morgan fingerprint density at radius 3 is 2.76 bits per heavy atom. The van der Waals surface area contributed by atoms with E-state index in [0.29, 0.717) is 5.82 Å². The number of nitrogens with zero attached hydrogens (tertiary/aromatic N) is 2. The lowest BCUT2D eigenvalue weighted by atomic mass is 10.2. The maximum atomic E-state index is 11.5. The number of anilines is 3. The molecule has 2 heterocycles. The van der Waals surface area contributed by atoms with E-state index in [-0.39, 0.29) is 5.75 Å². The highest BCUT2D eigenvalue weighted by atomic mass is 32.2. The number of fused-ring (bicyclic) bond motifs is 1. The van der Waals surface area contributed by atoms with Gasteiger partial charge < -0.3 is 4.90 Å². The molecule has 1 aromatic carbocycles. The average molecular weight is 303 g/mol. The van der Waals surface area contributed by atoms with Gasteiger partial charge in [-0.15, -0.1) is 0 Å². The highest BCUT2D eigenvalue weighted by molar-refractivity contribution is 7.92. The third-order valence-corrected chi connectivity index (χ3v) is 4.87. The van der Waals surface area contributed by atoms with Crippen LogP contribution in [0.2, 0.25) is 0 Å². The summed E-state index contributed by atoms with van der Waals surface area (Å²) in [5.74, 6) is 0.392. The Morgan fingerprint density at radius 1 is 1.24 bits per heavy atom. The third-order valence-electron chi connectivity index (χ3n) is 3.59. The van der Waals surface area contributed by atoms with E-state index in [1.807, 2.05) is 18.2 Å². The number of hydrogen-bond donors (Lipinski definition) is 1. The lowest BCUT2D eigenvalue weighted by Gasteiger charge is -2.19. The molecule has 21 heavy (non-hydrogen) atoms. The molecule has 0 amide bonds. The molecule has 0 fully saturated rings. The zero-order valence-corrected chi connectivity index (χ0v) is 12.6. The molecule has 0 atom stereocenters. The first-order valence-electron chi connectivity index (χ1n) is 6.91. The first-order valence-corrected chi connectivity index (χ1v) is 8.56. The summed E-state index contributed by atoms with van der Waals surface area (Å²) < 4.78 is 25.5. The minimum absolute atomic E-state index is 0.0376. The van der Waals surface area contributed by atoms with Crippen LogP contribution in [0, 0.1) is 0 Å². The van der Waals surface area contributed by atoms with Crippen LogP contribution in [0.4, 0.5) is 17.2 Å². The first kappa shape index (κ1) is 13.9. The summed E-state index contributed by atoms with van der Waals surface area (Å²) in [7, 11) is -3.28. The van der Waals surface area contributed by atoms with E-state index in [0.717, 1.165) is 18.7 Å². The van der Waals surface area contributed by atoms with E-state index < -0.39 is 10.0 Å². The molecule has 0 spiro atoms. The zero-order chi connectivity index (χ0) is 14.9. The Hall–Kier alpha value is -2.08. The third kappa shape index (κ3) is 2.85. The Balaban J connectivity index is 1.83. The summed E-state index contributed by atoms with van der Waals surface area (Å²) in [5, 5.41) is 0. The van der Waals surface area contributed by atoms with E-state index in [2.05, 4.69) is 26.7 Å².